The molecule has 1 atom stereocenters. The molecule has 6 heteroatoms. The summed E-state index contributed by atoms with van der Waals surface area (Å²) in [5.74, 6) is -4.50. The summed E-state index contributed by atoms with van der Waals surface area (Å²) in [6, 6.07) is -0.984. The number of halogens is 2. The number of carbonyl (C=O) groups excluding carboxylic acids is 1. The number of carbonyl (C=O) groups is 1. The second kappa shape index (κ2) is 3.20. The van der Waals surface area contributed by atoms with Gasteiger partial charge in [-0.15, -0.1) is 0 Å². The smallest absolute Gasteiger partial charge is 0.291 e. The average molecular weight is 189 g/mol. The lowest BCUT2D eigenvalue weighted by Crippen LogP contribution is -2.32. The van der Waals surface area contributed by atoms with Crippen LogP contribution in [0.5, 0.6) is 0 Å². The highest BCUT2D eigenvalue weighted by molar-refractivity contribution is 5.88. The summed E-state index contributed by atoms with van der Waals surface area (Å²) in [5, 5.41) is 3.60. The van der Waals surface area contributed by atoms with E-state index in [4.69, 9.17) is 0 Å². The van der Waals surface area contributed by atoms with E-state index in [1.54, 1.807) is 0 Å². The predicted molar refractivity (Wildman–Crippen MR) is 40.4 cm³/mol. The van der Waals surface area contributed by atoms with E-state index in [1.165, 1.54) is 19.6 Å². The minimum absolute atomic E-state index is 0.572. The van der Waals surface area contributed by atoms with E-state index in [0.717, 1.165) is 4.68 Å². The highest BCUT2D eigenvalue weighted by Gasteiger charge is 2.36. The molecule has 0 spiro atoms. The van der Waals surface area contributed by atoms with Gasteiger partial charge in [0.05, 0.1) is 0 Å². The normalized spacial score (nSPS) is 14.2. The van der Waals surface area contributed by atoms with Crippen LogP contribution in [0.25, 0.3) is 0 Å². The van der Waals surface area contributed by atoms with Crippen LogP contribution in [0.2, 0.25) is 0 Å². The summed E-state index contributed by atoms with van der Waals surface area (Å²) < 4.78 is 26.2. The molecule has 0 aliphatic rings. The van der Waals surface area contributed by atoms with Crippen molar-refractivity contribution in [1.29, 1.82) is 0 Å². The molecule has 0 saturated heterocycles. The van der Waals surface area contributed by atoms with Crippen LogP contribution in [0.3, 0.4) is 0 Å². The molecule has 0 aliphatic heterocycles. The van der Waals surface area contributed by atoms with Crippen molar-refractivity contribution < 1.29 is 13.6 Å². The van der Waals surface area contributed by atoms with Gasteiger partial charge in [-0.25, -0.2) is 9.67 Å². The van der Waals surface area contributed by atoms with Gasteiger partial charge in [0, 0.05) is 6.92 Å². The van der Waals surface area contributed by atoms with Gasteiger partial charge in [-0.3, -0.25) is 4.79 Å². The Morgan fingerprint density at radius 3 is 2.62 bits per heavy atom. The fourth-order valence-electron chi connectivity index (χ4n) is 0.904. The number of alkyl halides is 2. The van der Waals surface area contributed by atoms with Crippen molar-refractivity contribution in [2.45, 2.75) is 25.8 Å². The Morgan fingerprint density at radius 2 is 2.23 bits per heavy atom. The quantitative estimate of drug-likeness (QED) is 0.714. The Bertz CT molecular complexity index is 291. The van der Waals surface area contributed by atoms with E-state index in [2.05, 4.69) is 10.1 Å². The van der Waals surface area contributed by atoms with Crippen LogP contribution in [0.15, 0.2) is 12.7 Å². The molecule has 13 heavy (non-hydrogen) atoms. The molecule has 1 aromatic heterocycles. The van der Waals surface area contributed by atoms with Crippen LogP contribution in [0.4, 0.5) is 8.78 Å². The van der Waals surface area contributed by atoms with Gasteiger partial charge >= 0.3 is 5.92 Å². The van der Waals surface area contributed by atoms with Gasteiger partial charge in [0.2, 0.25) is 5.78 Å². The van der Waals surface area contributed by atoms with Gasteiger partial charge in [0.1, 0.15) is 18.7 Å². The fraction of sp³-hybridized carbons (Fsp3) is 0.571. The van der Waals surface area contributed by atoms with Gasteiger partial charge in [-0.1, -0.05) is 0 Å². The van der Waals surface area contributed by atoms with Crippen molar-refractivity contribution >= 4 is 5.78 Å². The van der Waals surface area contributed by atoms with Gasteiger partial charge in [-0.2, -0.15) is 13.9 Å². The molecule has 0 saturated carbocycles. The number of hydrogen-bond acceptors (Lipinski definition) is 3. The Balaban J connectivity index is 2.81. The highest BCUT2D eigenvalue weighted by atomic mass is 19.3. The Labute approximate surface area is 73.6 Å². The zero-order valence-electron chi connectivity index (χ0n) is 7.24. The van der Waals surface area contributed by atoms with E-state index in [0.29, 0.717) is 6.92 Å². The minimum atomic E-state index is -3.33. The molecule has 1 unspecified atom stereocenters. The van der Waals surface area contributed by atoms with E-state index in [9.17, 15) is 13.6 Å². The molecule has 0 aromatic carbocycles. The highest BCUT2D eigenvalue weighted by Crippen LogP contribution is 2.20. The molecule has 72 valence electrons. The summed E-state index contributed by atoms with van der Waals surface area (Å²) in [4.78, 5) is 14.6. The number of hydrogen-bond donors (Lipinski definition) is 0. The Morgan fingerprint density at radius 1 is 1.62 bits per heavy atom. The summed E-state index contributed by atoms with van der Waals surface area (Å²) in [6.45, 7) is 1.93. The third-order valence-corrected chi connectivity index (χ3v) is 1.65. The lowest BCUT2D eigenvalue weighted by atomic mass is 10.1. The largest absolute Gasteiger partial charge is 0.304 e. The van der Waals surface area contributed by atoms with E-state index in [1.807, 2.05) is 0 Å². The average Bonchev–Trinajstić information content (AvgIpc) is 2.51. The molecule has 4 nitrogen and oxygen atoms in total. The fourth-order valence-corrected chi connectivity index (χ4v) is 0.904. The molecular weight excluding hydrogens is 180 g/mol. The molecule has 0 aliphatic carbocycles. The van der Waals surface area contributed by atoms with Crippen LogP contribution >= 0.6 is 0 Å². The standard InChI is InChI=1S/C7H9F2N3O/c1-5(6(13)7(2,8)9)12-4-10-3-11-12/h3-5H,1-2H3. The first-order valence-corrected chi connectivity index (χ1v) is 3.69. The van der Waals surface area contributed by atoms with Crippen molar-refractivity contribution in [3.8, 4) is 0 Å². The van der Waals surface area contributed by atoms with Gasteiger partial charge in [-0.05, 0) is 6.92 Å². The van der Waals surface area contributed by atoms with Crippen molar-refractivity contribution in [2.24, 2.45) is 0 Å². The summed E-state index contributed by atoms with van der Waals surface area (Å²) in [5.41, 5.74) is 0. The number of rotatable bonds is 3. The number of aromatic nitrogens is 3. The van der Waals surface area contributed by atoms with Crippen LogP contribution < -0.4 is 0 Å². The minimum Gasteiger partial charge on any atom is -0.291 e. The molecule has 0 N–H and O–H groups in total. The first-order valence-electron chi connectivity index (χ1n) is 3.69. The third-order valence-electron chi connectivity index (χ3n) is 1.65. The molecule has 1 aromatic rings. The summed E-state index contributed by atoms with van der Waals surface area (Å²) in [7, 11) is 0. The Kier molecular flexibility index (Phi) is 2.40. The number of Topliss-reactive ketones (excluding diaryl/α,β-unsaturated/α-hetero) is 1. The lowest BCUT2D eigenvalue weighted by Gasteiger charge is -2.14. The van der Waals surface area contributed by atoms with Crippen molar-refractivity contribution in [2.75, 3.05) is 0 Å². The van der Waals surface area contributed by atoms with Crippen LogP contribution in [0, 0.1) is 0 Å². The molecule has 0 bridgehead atoms. The lowest BCUT2D eigenvalue weighted by molar-refractivity contribution is -0.144. The van der Waals surface area contributed by atoms with E-state index >= 15 is 0 Å². The second-order valence-electron chi connectivity index (χ2n) is 2.80. The molecule has 0 radical (unpaired) electrons. The van der Waals surface area contributed by atoms with Gasteiger partial charge in [0.25, 0.3) is 0 Å². The van der Waals surface area contributed by atoms with Crippen LogP contribution in [0.1, 0.15) is 19.9 Å². The monoisotopic (exact) mass is 189 g/mol. The maximum absolute atomic E-state index is 12.5. The molecule has 1 heterocycles. The van der Waals surface area contributed by atoms with E-state index < -0.39 is 17.7 Å². The summed E-state index contributed by atoms with van der Waals surface area (Å²) in [6.07, 6.45) is 2.42. The molecule has 0 fully saturated rings. The molecule has 0 amide bonds. The first-order chi connectivity index (χ1) is 5.93. The predicted octanol–water partition coefficient (Wildman–Crippen LogP) is 1.06. The zero-order chi connectivity index (χ0) is 10.1. The SMILES string of the molecule is CC(C(=O)C(C)(F)F)n1cncn1. The molecule has 1 rings (SSSR count). The summed E-state index contributed by atoms with van der Waals surface area (Å²) >= 11 is 0. The topological polar surface area (TPSA) is 47.8 Å². The van der Waals surface area contributed by atoms with Crippen molar-refractivity contribution in [1.82, 2.24) is 14.8 Å². The van der Waals surface area contributed by atoms with Crippen molar-refractivity contribution in [3.63, 3.8) is 0 Å². The second-order valence-corrected chi connectivity index (χ2v) is 2.80. The van der Waals surface area contributed by atoms with Gasteiger partial charge < -0.3 is 0 Å². The maximum atomic E-state index is 12.5. The Hall–Kier alpha value is -1.33. The number of ketones is 1. The van der Waals surface area contributed by atoms with Crippen molar-refractivity contribution in [3.05, 3.63) is 12.7 Å². The van der Waals surface area contributed by atoms with Gasteiger partial charge in [0.15, 0.2) is 0 Å². The first kappa shape index (κ1) is 9.76. The van der Waals surface area contributed by atoms with Crippen LogP contribution in [-0.2, 0) is 4.79 Å². The molecular formula is C7H9F2N3O. The zero-order valence-corrected chi connectivity index (χ0v) is 7.24. The van der Waals surface area contributed by atoms with E-state index in [-0.39, 0.29) is 0 Å². The van der Waals surface area contributed by atoms with Crippen LogP contribution in [-0.4, -0.2) is 26.5 Å². The number of nitrogens with zero attached hydrogens (tertiary/aromatic N) is 3. The maximum Gasteiger partial charge on any atom is 0.304 e. The third kappa shape index (κ3) is 2.07.